The molecule has 1 N–H and O–H groups in total. The third-order valence-electron chi connectivity index (χ3n) is 4.11. The summed E-state index contributed by atoms with van der Waals surface area (Å²) in [5, 5.41) is 3.70. The molecular formula is C13H20Cl2N2S. The van der Waals surface area contributed by atoms with Gasteiger partial charge in [0.25, 0.3) is 0 Å². The summed E-state index contributed by atoms with van der Waals surface area (Å²) < 4.78 is 0.902. The summed E-state index contributed by atoms with van der Waals surface area (Å²) in [5.74, 6) is 0. The smallest absolute Gasteiger partial charge is 0.0931 e. The third kappa shape index (κ3) is 3.20. The summed E-state index contributed by atoms with van der Waals surface area (Å²) in [7, 11) is 2.25. The average molecular weight is 307 g/mol. The molecule has 2 aliphatic heterocycles. The van der Waals surface area contributed by atoms with E-state index >= 15 is 0 Å². The Morgan fingerprint density at radius 1 is 1.33 bits per heavy atom. The van der Waals surface area contributed by atoms with Crippen LogP contribution in [0.3, 0.4) is 0 Å². The second-order valence-corrected chi connectivity index (χ2v) is 7.18. The molecule has 2 unspecified atom stereocenters. The van der Waals surface area contributed by atoms with Crippen LogP contribution < -0.4 is 5.32 Å². The van der Waals surface area contributed by atoms with Crippen molar-refractivity contribution in [1.29, 1.82) is 0 Å². The molecule has 0 saturated carbocycles. The number of thiophene rings is 1. The predicted octanol–water partition coefficient (Wildman–Crippen LogP) is 3.54. The molecule has 2 bridgehead atoms. The molecule has 18 heavy (non-hydrogen) atoms. The summed E-state index contributed by atoms with van der Waals surface area (Å²) in [6.07, 6.45) is 5.37. The zero-order valence-electron chi connectivity index (χ0n) is 10.6. The maximum atomic E-state index is 5.98. The lowest BCUT2D eigenvalue weighted by Crippen LogP contribution is -2.46. The van der Waals surface area contributed by atoms with Gasteiger partial charge in [-0.25, -0.2) is 0 Å². The van der Waals surface area contributed by atoms with E-state index in [1.165, 1.54) is 30.6 Å². The first kappa shape index (κ1) is 14.6. The van der Waals surface area contributed by atoms with Crippen molar-refractivity contribution in [1.82, 2.24) is 10.2 Å². The van der Waals surface area contributed by atoms with Crippen LogP contribution in [0.5, 0.6) is 0 Å². The Kier molecular flexibility index (Phi) is 4.95. The molecule has 2 fully saturated rings. The molecular weight excluding hydrogens is 287 g/mol. The normalized spacial score (nSPS) is 30.5. The summed E-state index contributed by atoms with van der Waals surface area (Å²) in [5.41, 5.74) is 0. The molecule has 5 heteroatoms. The minimum atomic E-state index is 0. The topological polar surface area (TPSA) is 15.3 Å². The van der Waals surface area contributed by atoms with Crippen molar-refractivity contribution in [2.24, 2.45) is 0 Å². The van der Waals surface area contributed by atoms with E-state index in [2.05, 4.69) is 23.3 Å². The van der Waals surface area contributed by atoms with Gasteiger partial charge in [-0.2, -0.15) is 0 Å². The van der Waals surface area contributed by atoms with Gasteiger partial charge in [0.2, 0.25) is 0 Å². The van der Waals surface area contributed by atoms with Gasteiger partial charge in [0.15, 0.2) is 0 Å². The Hall–Kier alpha value is 0.200. The fourth-order valence-electron chi connectivity index (χ4n) is 3.20. The van der Waals surface area contributed by atoms with Crippen LogP contribution in [0.15, 0.2) is 12.1 Å². The Morgan fingerprint density at radius 2 is 2.00 bits per heavy atom. The summed E-state index contributed by atoms with van der Waals surface area (Å²) in [4.78, 5) is 3.89. The number of halogens is 2. The number of fused-ring (bicyclic) bond motifs is 2. The maximum absolute atomic E-state index is 5.98. The van der Waals surface area contributed by atoms with E-state index in [0.29, 0.717) is 0 Å². The maximum Gasteiger partial charge on any atom is 0.0931 e. The van der Waals surface area contributed by atoms with Crippen LogP contribution in [-0.2, 0) is 6.54 Å². The van der Waals surface area contributed by atoms with Crippen molar-refractivity contribution >= 4 is 35.3 Å². The van der Waals surface area contributed by atoms with Gasteiger partial charge < -0.3 is 5.32 Å². The molecule has 2 saturated heterocycles. The van der Waals surface area contributed by atoms with Crippen LogP contribution in [-0.4, -0.2) is 30.1 Å². The molecule has 2 aliphatic rings. The third-order valence-corrected chi connectivity index (χ3v) is 5.32. The van der Waals surface area contributed by atoms with Crippen LogP contribution >= 0.6 is 35.3 Å². The van der Waals surface area contributed by atoms with Crippen LogP contribution in [0.4, 0.5) is 0 Å². The number of nitrogens with one attached hydrogen (secondary N) is 1. The monoisotopic (exact) mass is 306 g/mol. The van der Waals surface area contributed by atoms with Crippen molar-refractivity contribution in [3.05, 3.63) is 21.3 Å². The van der Waals surface area contributed by atoms with Crippen LogP contribution in [0.1, 0.15) is 30.6 Å². The van der Waals surface area contributed by atoms with Crippen molar-refractivity contribution in [2.45, 2.75) is 50.4 Å². The molecule has 2 atom stereocenters. The summed E-state index contributed by atoms with van der Waals surface area (Å²) in [6, 6.07) is 6.44. The van der Waals surface area contributed by atoms with E-state index in [4.69, 9.17) is 11.6 Å². The molecule has 0 aliphatic carbocycles. The Labute approximate surface area is 124 Å². The first-order valence-electron chi connectivity index (χ1n) is 6.41. The highest BCUT2D eigenvalue weighted by Gasteiger charge is 2.34. The summed E-state index contributed by atoms with van der Waals surface area (Å²) >= 11 is 7.68. The van der Waals surface area contributed by atoms with Gasteiger partial charge in [0.05, 0.1) is 4.34 Å². The zero-order valence-corrected chi connectivity index (χ0v) is 13.0. The Morgan fingerprint density at radius 3 is 2.56 bits per heavy atom. The van der Waals surface area contributed by atoms with E-state index in [-0.39, 0.29) is 12.4 Å². The lowest BCUT2D eigenvalue weighted by atomic mass is 9.98. The van der Waals surface area contributed by atoms with Gasteiger partial charge in [-0.1, -0.05) is 11.6 Å². The van der Waals surface area contributed by atoms with Crippen molar-refractivity contribution < 1.29 is 0 Å². The van der Waals surface area contributed by atoms with Crippen molar-refractivity contribution in [3.8, 4) is 0 Å². The van der Waals surface area contributed by atoms with Gasteiger partial charge in [0.1, 0.15) is 0 Å². The molecule has 1 aromatic heterocycles. The fourth-order valence-corrected chi connectivity index (χ4v) is 4.35. The van der Waals surface area contributed by atoms with Gasteiger partial charge >= 0.3 is 0 Å². The number of rotatable bonds is 3. The SMILES string of the molecule is CN(Cc1ccc(Cl)s1)C1CC2CCC(C1)N2.Cl. The molecule has 0 aromatic carbocycles. The zero-order chi connectivity index (χ0) is 11.8. The highest BCUT2D eigenvalue weighted by atomic mass is 35.5. The highest BCUT2D eigenvalue weighted by molar-refractivity contribution is 7.16. The molecule has 3 heterocycles. The van der Waals surface area contributed by atoms with Crippen LogP contribution in [0, 0.1) is 0 Å². The van der Waals surface area contributed by atoms with E-state index in [1.807, 2.05) is 6.07 Å². The van der Waals surface area contributed by atoms with Crippen molar-refractivity contribution in [3.63, 3.8) is 0 Å². The molecule has 102 valence electrons. The van der Waals surface area contributed by atoms with Gasteiger partial charge in [0, 0.05) is 29.5 Å². The second-order valence-electron chi connectivity index (χ2n) is 5.38. The van der Waals surface area contributed by atoms with Crippen molar-refractivity contribution in [2.75, 3.05) is 7.05 Å². The predicted molar refractivity (Wildman–Crippen MR) is 81.0 cm³/mol. The Balaban J connectivity index is 0.00000120. The lowest BCUT2D eigenvalue weighted by Gasteiger charge is -2.35. The van der Waals surface area contributed by atoms with Gasteiger partial charge in [-0.3, -0.25) is 4.90 Å². The van der Waals surface area contributed by atoms with E-state index in [0.717, 1.165) is 29.0 Å². The van der Waals surface area contributed by atoms with Crippen LogP contribution in [0.2, 0.25) is 4.34 Å². The van der Waals surface area contributed by atoms with E-state index < -0.39 is 0 Å². The highest BCUT2D eigenvalue weighted by Crippen LogP contribution is 2.30. The number of hydrogen-bond donors (Lipinski definition) is 1. The minimum absolute atomic E-state index is 0. The fraction of sp³-hybridized carbons (Fsp3) is 0.692. The average Bonchev–Trinajstić information content (AvgIpc) is 2.85. The molecule has 0 radical (unpaired) electrons. The first-order valence-corrected chi connectivity index (χ1v) is 7.60. The standard InChI is InChI=1S/C13H19ClN2S.ClH/c1-16(8-12-4-5-13(14)17-12)11-6-9-2-3-10(7-11)15-9;/h4-5,9-11,15H,2-3,6-8H2,1H3;1H. The lowest BCUT2D eigenvalue weighted by molar-refractivity contribution is 0.167. The first-order chi connectivity index (χ1) is 8.20. The molecule has 3 rings (SSSR count). The quantitative estimate of drug-likeness (QED) is 0.919. The van der Waals surface area contributed by atoms with Gasteiger partial charge in [-0.05, 0) is 44.9 Å². The number of hydrogen-bond acceptors (Lipinski definition) is 3. The second kappa shape index (κ2) is 6.10. The van der Waals surface area contributed by atoms with E-state index in [9.17, 15) is 0 Å². The minimum Gasteiger partial charge on any atom is -0.311 e. The number of piperidine rings is 1. The molecule has 0 amide bonds. The largest absolute Gasteiger partial charge is 0.311 e. The number of nitrogens with zero attached hydrogens (tertiary/aromatic N) is 1. The molecule has 0 spiro atoms. The van der Waals surface area contributed by atoms with Crippen LogP contribution in [0.25, 0.3) is 0 Å². The van der Waals surface area contributed by atoms with E-state index in [1.54, 1.807) is 11.3 Å². The summed E-state index contributed by atoms with van der Waals surface area (Å²) in [6.45, 7) is 1.04. The molecule has 1 aromatic rings. The van der Waals surface area contributed by atoms with Gasteiger partial charge in [-0.15, -0.1) is 23.7 Å². The Bertz CT molecular complexity index is 384. The molecule has 2 nitrogen and oxygen atoms in total.